The Bertz CT molecular complexity index is 866. The Kier molecular flexibility index (Phi) is 4.58. The fourth-order valence-electron chi connectivity index (χ4n) is 4.04. The van der Waals surface area contributed by atoms with Crippen molar-refractivity contribution in [2.24, 2.45) is 4.99 Å². The highest BCUT2D eigenvalue weighted by Gasteiger charge is 2.55. The summed E-state index contributed by atoms with van der Waals surface area (Å²) in [6, 6.07) is 8.70. The summed E-state index contributed by atoms with van der Waals surface area (Å²) < 4.78 is 5.22. The van der Waals surface area contributed by atoms with Crippen LogP contribution in [0.2, 0.25) is 0 Å². The maximum atomic E-state index is 13.4. The topological polar surface area (TPSA) is 68.7 Å². The van der Waals surface area contributed by atoms with E-state index in [0.29, 0.717) is 13.2 Å². The van der Waals surface area contributed by atoms with Gasteiger partial charge in [-0.25, -0.2) is 9.79 Å². The number of guanidine groups is 1. The summed E-state index contributed by atoms with van der Waals surface area (Å²) >= 11 is 0. The average Bonchev–Trinajstić information content (AvgIpc) is 3.19. The Morgan fingerprint density at radius 2 is 1.79 bits per heavy atom. The summed E-state index contributed by atoms with van der Waals surface area (Å²) in [5, 5.41) is 0. The van der Waals surface area contributed by atoms with Crippen LogP contribution in [0.5, 0.6) is 0 Å². The maximum absolute atomic E-state index is 13.4. The van der Waals surface area contributed by atoms with Crippen LogP contribution in [0.25, 0.3) is 0 Å². The maximum Gasteiger partial charge on any atom is 0.328 e. The lowest BCUT2D eigenvalue weighted by molar-refractivity contribution is -0.137. The summed E-state index contributed by atoms with van der Waals surface area (Å²) in [5.74, 6) is 0.507. The zero-order valence-corrected chi connectivity index (χ0v) is 16.6. The fourth-order valence-corrected chi connectivity index (χ4v) is 4.04. The third-order valence-electron chi connectivity index (χ3n) is 5.71. The van der Waals surface area contributed by atoms with Crippen LogP contribution in [-0.2, 0) is 16.1 Å². The van der Waals surface area contributed by atoms with Crippen LogP contribution in [0.4, 0.5) is 4.79 Å². The second-order valence-corrected chi connectivity index (χ2v) is 7.28. The molecule has 1 saturated heterocycles. The molecule has 0 aromatic heterocycles. The minimum atomic E-state index is -0.538. The Morgan fingerprint density at radius 3 is 2.46 bits per heavy atom. The van der Waals surface area contributed by atoms with E-state index in [9.17, 15) is 9.59 Å². The van der Waals surface area contributed by atoms with E-state index in [1.54, 1.807) is 19.1 Å². The lowest BCUT2D eigenvalue weighted by Crippen LogP contribution is -2.64. The number of allylic oxidation sites excluding steroid dienone is 2. The molecule has 0 aliphatic carbocycles. The lowest BCUT2D eigenvalue weighted by atomic mass is 10.1. The second-order valence-electron chi connectivity index (χ2n) is 7.28. The standard InChI is InChI=1S/C20H25N5O3/c1-13-14(2)25-16-17(21-19(25)23(13)10-11-28-4)22(3)20(27)24(18(16)26)12-15-8-6-5-7-9-15/h5-9,16-17H,10-12H2,1-4H3. The first-order valence-electron chi connectivity index (χ1n) is 9.38. The molecule has 0 spiro atoms. The molecule has 1 aromatic rings. The van der Waals surface area contributed by atoms with Crippen molar-refractivity contribution in [3.05, 3.63) is 47.3 Å². The molecule has 3 aliphatic rings. The highest BCUT2D eigenvalue weighted by Crippen LogP contribution is 2.37. The first kappa shape index (κ1) is 18.5. The van der Waals surface area contributed by atoms with Gasteiger partial charge < -0.3 is 14.5 Å². The predicted octanol–water partition coefficient (Wildman–Crippen LogP) is 1.66. The minimum absolute atomic E-state index is 0.212. The van der Waals surface area contributed by atoms with Crippen molar-refractivity contribution in [1.29, 1.82) is 0 Å². The van der Waals surface area contributed by atoms with E-state index in [4.69, 9.17) is 9.73 Å². The molecule has 1 aromatic carbocycles. The van der Waals surface area contributed by atoms with Gasteiger partial charge >= 0.3 is 6.03 Å². The molecule has 3 aliphatic heterocycles. The van der Waals surface area contributed by atoms with Crippen LogP contribution < -0.4 is 0 Å². The molecule has 0 bridgehead atoms. The highest BCUT2D eigenvalue weighted by molar-refractivity contribution is 6.05. The summed E-state index contributed by atoms with van der Waals surface area (Å²) in [7, 11) is 3.37. The Morgan fingerprint density at radius 1 is 1.07 bits per heavy atom. The second kappa shape index (κ2) is 6.94. The number of amides is 3. The summed E-state index contributed by atoms with van der Waals surface area (Å²) in [6.07, 6.45) is -0.518. The van der Waals surface area contributed by atoms with Gasteiger partial charge in [-0.05, 0) is 19.4 Å². The highest BCUT2D eigenvalue weighted by atomic mass is 16.5. The number of imide groups is 1. The van der Waals surface area contributed by atoms with Crippen molar-refractivity contribution < 1.29 is 14.3 Å². The van der Waals surface area contributed by atoms with Crippen molar-refractivity contribution in [2.45, 2.75) is 32.6 Å². The fraction of sp³-hybridized carbons (Fsp3) is 0.450. The molecule has 0 N–H and O–H groups in total. The number of rotatable bonds is 5. The van der Waals surface area contributed by atoms with Gasteiger partial charge in [-0.15, -0.1) is 0 Å². The van der Waals surface area contributed by atoms with Crippen LogP contribution in [0.1, 0.15) is 19.4 Å². The van der Waals surface area contributed by atoms with Gasteiger partial charge in [0.2, 0.25) is 5.96 Å². The van der Waals surface area contributed by atoms with Gasteiger partial charge in [-0.1, -0.05) is 30.3 Å². The summed E-state index contributed by atoms with van der Waals surface area (Å²) in [5.41, 5.74) is 2.95. The number of benzene rings is 1. The largest absolute Gasteiger partial charge is 0.383 e. The molecule has 2 unspecified atom stereocenters. The monoisotopic (exact) mass is 383 g/mol. The Balaban J connectivity index is 1.65. The molecule has 0 radical (unpaired) electrons. The molecular formula is C20H25N5O3. The lowest BCUT2D eigenvalue weighted by Gasteiger charge is -2.40. The number of ether oxygens (including phenoxy) is 1. The number of fused-ring (bicyclic) bond motifs is 3. The molecule has 148 valence electrons. The van der Waals surface area contributed by atoms with E-state index in [0.717, 1.165) is 22.9 Å². The zero-order valence-electron chi connectivity index (χ0n) is 16.6. The summed E-state index contributed by atoms with van der Waals surface area (Å²) in [4.78, 5) is 38.0. The smallest absolute Gasteiger partial charge is 0.328 e. The van der Waals surface area contributed by atoms with E-state index in [1.165, 1.54) is 4.90 Å². The third-order valence-corrected chi connectivity index (χ3v) is 5.71. The molecule has 8 heteroatoms. The first-order valence-corrected chi connectivity index (χ1v) is 9.38. The van der Waals surface area contributed by atoms with Gasteiger partial charge in [0, 0.05) is 32.1 Å². The average molecular weight is 383 g/mol. The zero-order chi connectivity index (χ0) is 20.0. The predicted molar refractivity (Wildman–Crippen MR) is 104 cm³/mol. The van der Waals surface area contributed by atoms with Gasteiger partial charge in [-0.2, -0.15) is 0 Å². The van der Waals surface area contributed by atoms with E-state index in [-0.39, 0.29) is 18.5 Å². The van der Waals surface area contributed by atoms with Crippen LogP contribution in [0, 0.1) is 0 Å². The van der Waals surface area contributed by atoms with Crippen molar-refractivity contribution >= 4 is 17.9 Å². The molecule has 3 heterocycles. The molecule has 1 fully saturated rings. The Hall–Kier alpha value is -2.87. The third kappa shape index (κ3) is 2.67. The number of hydrogen-bond donors (Lipinski definition) is 0. The van der Waals surface area contributed by atoms with Crippen LogP contribution >= 0.6 is 0 Å². The van der Waals surface area contributed by atoms with Crippen LogP contribution in [0.15, 0.2) is 46.7 Å². The van der Waals surface area contributed by atoms with Crippen molar-refractivity contribution in [1.82, 2.24) is 19.6 Å². The number of carbonyl (C=O) groups is 2. The number of hydrogen-bond acceptors (Lipinski definition) is 6. The van der Waals surface area contributed by atoms with Crippen molar-refractivity contribution in [2.75, 3.05) is 27.3 Å². The number of aliphatic imine (C=N–C) groups is 1. The number of nitrogens with zero attached hydrogens (tertiary/aromatic N) is 5. The van der Waals surface area contributed by atoms with Gasteiger partial charge in [0.05, 0.1) is 13.2 Å². The van der Waals surface area contributed by atoms with E-state index in [1.807, 2.05) is 49.1 Å². The number of urea groups is 1. The molecule has 8 nitrogen and oxygen atoms in total. The van der Waals surface area contributed by atoms with E-state index < -0.39 is 12.2 Å². The van der Waals surface area contributed by atoms with Gasteiger partial charge in [0.1, 0.15) is 0 Å². The van der Waals surface area contributed by atoms with Crippen LogP contribution in [-0.4, -0.2) is 77.0 Å². The molecular weight excluding hydrogens is 358 g/mol. The van der Waals surface area contributed by atoms with Crippen molar-refractivity contribution in [3.63, 3.8) is 0 Å². The molecule has 0 saturated carbocycles. The minimum Gasteiger partial charge on any atom is -0.383 e. The number of methoxy groups -OCH3 is 1. The molecule has 2 atom stereocenters. The van der Waals surface area contributed by atoms with E-state index >= 15 is 0 Å². The normalized spacial score (nSPS) is 24.2. The molecule has 4 rings (SSSR count). The summed E-state index contributed by atoms with van der Waals surface area (Å²) in [6.45, 7) is 5.46. The van der Waals surface area contributed by atoms with Gasteiger partial charge in [0.15, 0.2) is 12.2 Å². The number of carbonyl (C=O) groups excluding carboxylic acids is 2. The van der Waals surface area contributed by atoms with E-state index in [2.05, 4.69) is 4.90 Å². The first-order chi connectivity index (χ1) is 13.5. The van der Waals surface area contributed by atoms with Gasteiger partial charge in [-0.3, -0.25) is 14.6 Å². The quantitative estimate of drug-likeness (QED) is 0.774. The van der Waals surface area contributed by atoms with Gasteiger partial charge in [0.25, 0.3) is 5.91 Å². The number of likely N-dealkylation sites (N-methyl/N-ethyl adjacent to an activating group) is 1. The van der Waals surface area contributed by atoms with Crippen LogP contribution in [0.3, 0.4) is 0 Å². The molecule has 3 amide bonds. The Labute approximate surface area is 164 Å². The SMILES string of the molecule is COCCN1C2=NC3C(C(=O)N(Cc4ccccc4)C(=O)N3C)N2C(C)=C1C. The molecule has 28 heavy (non-hydrogen) atoms. The van der Waals surface area contributed by atoms with Crippen molar-refractivity contribution in [3.8, 4) is 0 Å².